The van der Waals surface area contributed by atoms with Crippen LogP contribution in [0.3, 0.4) is 0 Å². The normalized spacial score (nSPS) is 18.6. The van der Waals surface area contributed by atoms with Crippen LogP contribution < -0.4 is 5.32 Å². The van der Waals surface area contributed by atoms with Crippen molar-refractivity contribution in [2.75, 3.05) is 31.5 Å². The largest absolute Gasteiger partial charge is 0.369 e. The third kappa shape index (κ3) is 2.63. The number of benzene rings is 1. The summed E-state index contributed by atoms with van der Waals surface area (Å²) in [5.74, 6) is 1.85. The first-order valence-corrected chi connectivity index (χ1v) is 9.33. The standard InChI is InChI=1S/C20H28N4/c1-4-23-11-8-16(9-12-23)19-17-7-10-21-20(17)24(22-19)18-13-14(2)5-6-15(18)3/h5-6,13,16,21H,4,7-12H2,1-3H3. The van der Waals surface area contributed by atoms with Gasteiger partial charge in [-0.1, -0.05) is 19.1 Å². The lowest BCUT2D eigenvalue weighted by atomic mass is 9.91. The number of aromatic nitrogens is 2. The van der Waals surface area contributed by atoms with Crippen LogP contribution in [0, 0.1) is 13.8 Å². The second kappa shape index (κ2) is 6.25. The van der Waals surface area contributed by atoms with E-state index in [1.54, 1.807) is 0 Å². The average molecular weight is 324 g/mol. The van der Waals surface area contributed by atoms with Gasteiger partial charge in [-0.3, -0.25) is 0 Å². The van der Waals surface area contributed by atoms with E-state index in [0.29, 0.717) is 5.92 Å². The monoisotopic (exact) mass is 324 g/mol. The van der Waals surface area contributed by atoms with Crippen LogP contribution >= 0.6 is 0 Å². The first-order valence-electron chi connectivity index (χ1n) is 9.33. The van der Waals surface area contributed by atoms with Gasteiger partial charge in [0.05, 0.1) is 11.4 Å². The molecule has 1 saturated heterocycles. The van der Waals surface area contributed by atoms with Crippen LogP contribution in [0.2, 0.25) is 0 Å². The minimum Gasteiger partial charge on any atom is -0.369 e. The van der Waals surface area contributed by atoms with Crippen molar-refractivity contribution in [3.05, 3.63) is 40.6 Å². The van der Waals surface area contributed by atoms with Crippen molar-refractivity contribution in [2.24, 2.45) is 0 Å². The summed E-state index contributed by atoms with van der Waals surface area (Å²) in [6, 6.07) is 6.64. The van der Waals surface area contributed by atoms with Gasteiger partial charge in [0.25, 0.3) is 0 Å². The van der Waals surface area contributed by atoms with E-state index in [1.807, 2.05) is 0 Å². The molecule has 0 spiro atoms. The molecular formula is C20H28N4. The molecule has 2 aromatic rings. The van der Waals surface area contributed by atoms with Crippen molar-refractivity contribution in [3.63, 3.8) is 0 Å². The topological polar surface area (TPSA) is 33.1 Å². The van der Waals surface area contributed by atoms with Gasteiger partial charge in [-0.25, -0.2) is 4.68 Å². The maximum absolute atomic E-state index is 5.11. The number of nitrogens with zero attached hydrogens (tertiary/aromatic N) is 3. The van der Waals surface area contributed by atoms with Crippen molar-refractivity contribution in [1.29, 1.82) is 0 Å². The molecule has 4 rings (SSSR count). The van der Waals surface area contributed by atoms with E-state index in [0.717, 1.165) is 13.0 Å². The summed E-state index contributed by atoms with van der Waals surface area (Å²) in [5.41, 5.74) is 6.61. The number of nitrogens with one attached hydrogen (secondary N) is 1. The number of hydrogen-bond donors (Lipinski definition) is 1. The molecule has 24 heavy (non-hydrogen) atoms. The Hall–Kier alpha value is -1.81. The SMILES string of the molecule is CCN1CCC(c2nn(-c3cc(C)ccc3C)c3c2CCN3)CC1. The van der Waals surface area contributed by atoms with E-state index < -0.39 is 0 Å². The van der Waals surface area contributed by atoms with Crippen LogP contribution in [-0.2, 0) is 6.42 Å². The van der Waals surface area contributed by atoms with Gasteiger partial charge in [-0.15, -0.1) is 0 Å². The fourth-order valence-corrected chi connectivity index (χ4v) is 4.17. The van der Waals surface area contributed by atoms with Crippen molar-refractivity contribution in [1.82, 2.24) is 14.7 Å². The number of aryl methyl sites for hydroxylation is 2. The number of piperidine rings is 1. The zero-order chi connectivity index (χ0) is 16.7. The highest BCUT2D eigenvalue weighted by Crippen LogP contribution is 2.37. The third-order valence-electron chi connectivity index (χ3n) is 5.70. The van der Waals surface area contributed by atoms with Crippen molar-refractivity contribution >= 4 is 5.82 Å². The fraction of sp³-hybridized carbons (Fsp3) is 0.550. The predicted molar refractivity (Wildman–Crippen MR) is 99.3 cm³/mol. The zero-order valence-corrected chi connectivity index (χ0v) is 15.1. The van der Waals surface area contributed by atoms with Gasteiger partial charge in [-0.2, -0.15) is 5.10 Å². The molecule has 4 nitrogen and oxygen atoms in total. The molecule has 3 heterocycles. The Balaban J connectivity index is 1.72. The molecule has 0 amide bonds. The quantitative estimate of drug-likeness (QED) is 0.935. The van der Waals surface area contributed by atoms with E-state index in [9.17, 15) is 0 Å². The summed E-state index contributed by atoms with van der Waals surface area (Å²) in [4.78, 5) is 2.55. The molecule has 4 heteroatoms. The molecule has 0 radical (unpaired) electrons. The lowest BCUT2D eigenvalue weighted by molar-refractivity contribution is 0.220. The van der Waals surface area contributed by atoms with Gasteiger partial charge in [0.1, 0.15) is 5.82 Å². The molecule has 1 aromatic carbocycles. The summed E-state index contributed by atoms with van der Waals surface area (Å²) in [7, 11) is 0. The van der Waals surface area contributed by atoms with E-state index >= 15 is 0 Å². The Labute approximate surface area is 144 Å². The number of fused-ring (bicyclic) bond motifs is 1. The van der Waals surface area contributed by atoms with Gasteiger partial charge < -0.3 is 10.2 Å². The highest BCUT2D eigenvalue weighted by molar-refractivity contribution is 5.59. The van der Waals surface area contributed by atoms with Gasteiger partial charge in [-0.05, 0) is 69.9 Å². The summed E-state index contributed by atoms with van der Waals surface area (Å²) < 4.78 is 2.17. The maximum atomic E-state index is 5.11. The van der Waals surface area contributed by atoms with E-state index in [-0.39, 0.29) is 0 Å². The number of anilines is 1. The first-order chi connectivity index (χ1) is 11.7. The molecule has 1 N–H and O–H groups in total. The highest BCUT2D eigenvalue weighted by Gasteiger charge is 2.30. The second-order valence-electron chi connectivity index (χ2n) is 7.30. The first kappa shape index (κ1) is 15.7. The van der Waals surface area contributed by atoms with E-state index in [1.165, 1.54) is 66.4 Å². The van der Waals surface area contributed by atoms with Crippen molar-refractivity contribution in [3.8, 4) is 5.69 Å². The van der Waals surface area contributed by atoms with Crippen LogP contribution in [-0.4, -0.2) is 40.9 Å². The van der Waals surface area contributed by atoms with Crippen molar-refractivity contribution in [2.45, 2.75) is 46.0 Å². The van der Waals surface area contributed by atoms with Crippen LogP contribution in [0.4, 0.5) is 5.82 Å². The summed E-state index contributed by atoms with van der Waals surface area (Å²) >= 11 is 0. The average Bonchev–Trinajstić information content (AvgIpc) is 3.20. The lowest BCUT2D eigenvalue weighted by Gasteiger charge is -2.30. The van der Waals surface area contributed by atoms with Gasteiger partial charge >= 0.3 is 0 Å². The van der Waals surface area contributed by atoms with Gasteiger partial charge in [0, 0.05) is 18.0 Å². The predicted octanol–water partition coefficient (Wildman–Crippen LogP) is 3.66. The van der Waals surface area contributed by atoms with Gasteiger partial charge in [0.15, 0.2) is 0 Å². The van der Waals surface area contributed by atoms with Crippen LogP contribution in [0.5, 0.6) is 0 Å². The second-order valence-corrected chi connectivity index (χ2v) is 7.30. The molecule has 2 aliphatic rings. The molecule has 0 unspecified atom stereocenters. The van der Waals surface area contributed by atoms with E-state index in [2.05, 4.69) is 53.9 Å². The fourth-order valence-electron chi connectivity index (χ4n) is 4.17. The molecular weight excluding hydrogens is 296 g/mol. The third-order valence-corrected chi connectivity index (χ3v) is 5.70. The number of hydrogen-bond acceptors (Lipinski definition) is 3. The lowest BCUT2D eigenvalue weighted by Crippen LogP contribution is -2.33. The Morgan fingerprint density at radius 3 is 2.75 bits per heavy atom. The Morgan fingerprint density at radius 1 is 1.21 bits per heavy atom. The molecule has 2 aliphatic heterocycles. The van der Waals surface area contributed by atoms with Crippen LogP contribution in [0.15, 0.2) is 18.2 Å². The summed E-state index contributed by atoms with van der Waals surface area (Å²) in [5, 5.41) is 8.70. The highest BCUT2D eigenvalue weighted by atomic mass is 15.3. The molecule has 128 valence electrons. The molecule has 0 atom stereocenters. The Bertz CT molecular complexity index is 738. The maximum Gasteiger partial charge on any atom is 0.133 e. The van der Waals surface area contributed by atoms with Gasteiger partial charge in [0.2, 0.25) is 0 Å². The smallest absolute Gasteiger partial charge is 0.133 e. The Kier molecular flexibility index (Phi) is 4.09. The molecule has 0 aliphatic carbocycles. The Morgan fingerprint density at radius 2 is 2.00 bits per heavy atom. The minimum absolute atomic E-state index is 0.618. The minimum atomic E-state index is 0.618. The molecule has 0 bridgehead atoms. The molecule has 0 saturated carbocycles. The van der Waals surface area contributed by atoms with E-state index in [4.69, 9.17) is 5.10 Å². The van der Waals surface area contributed by atoms with Crippen molar-refractivity contribution < 1.29 is 0 Å². The molecule has 1 fully saturated rings. The summed E-state index contributed by atoms with van der Waals surface area (Å²) in [6.07, 6.45) is 3.59. The summed E-state index contributed by atoms with van der Waals surface area (Å²) in [6.45, 7) is 11.2. The van der Waals surface area contributed by atoms with Crippen LogP contribution in [0.25, 0.3) is 5.69 Å². The molecule has 1 aromatic heterocycles. The van der Waals surface area contributed by atoms with Crippen LogP contribution in [0.1, 0.15) is 48.1 Å². The number of likely N-dealkylation sites (tertiary alicyclic amines) is 1. The zero-order valence-electron chi connectivity index (χ0n) is 15.1. The number of rotatable bonds is 3.